The number of nitrogens with zero attached hydrogens (tertiary/aromatic N) is 2. The Bertz CT molecular complexity index is 526. The molecule has 0 unspecified atom stereocenters. The number of hydrogen-bond donors (Lipinski definition) is 1. The van der Waals surface area contributed by atoms with Gasteiger partial charge in [0.2, 0.25) is 0 Å². The van der Waals surface area contributed by atoms with Crippen molar-refractivity contribution < 1.29 is 13.9 Å². The number of carbonyl (C=O) groups excluding carboxylic acids is 1. The number of carbonyl (C=O) groups is 1. The molecular formula is C16H26FN3O2. The lowest BCUT2D eigenvalue weighted by Crippen LogP contribution is -2.50. The number of H-pyrrole nitrogens is 1. The van der Waals surface area contributed by atoms with Crippen LogP contribution in [0.15, 0.2) is 6.20 Å². The van der Waals surface area contributed by atoms with Gasteiger partial charge in [0.1, 0.15) is 11.4 Å². The Hall–Kier alpha value is -1.72. The summed E-state index contributed by atoms with van der Waals surface area (Å²) in [5.74, 6) is 0.487. The maximum absolute atomic E-state index is 14.4. The molecule has 2 heterocycles. The Morgan fingerprint density at radius 3 is 2.32 bits per heavy atom. The number of aromatic nitrogens is 1. The van der Waals surface area contributed by atoms with Crippen molar-refractivity contribution in [2.24, 2.45) is 0 Å². The SMILES string of the molecule is CC(C)c1c[nH]c(N2CCN(C(=O)OC(C)(C)C)CC2)c1F. The molecule has 0 bridgehead atoms. The Balaban J connectivity index is 1.96. The molecule has 0 spiro atoms. The van der Waals surface area contributed by atoms with E-state index in [2.05, 4.69) is 4.98 Å². The summed E-state index contributed by atoms with van der Waals surface area (Å²) in [6.07, 6.45) is 1.43. The Morgan fingerprint density at radius 1 is 1.27 bits per heavy atom. The van der Waals surface area contributed by atoms with Crippen LogP contribution in [0, 0.1) is 5.82 Å². The molecule has 124 valence electrons. The van der Waals surface area contributed by atoms with Crippen LogP contribution in [0.4, 0.5) is 15.0 Å². The number of rotatable bonds is 2. The van der Waals surface area contributed by atoms with E-state index in [1.54, 1.807) is 11.1 Å². The molecule has 0 radical (unpaired) electrons. The van der Waals surface area contributed by atoms with Crippen molar-refractivity contribution in [3.63, 3.8) is 0 Å². The standard InChI is InChI=1S/C16H26FN3O2/c1-11(2)12-10-18-14(13(12)17)19-6-8-20(9-7-19)15(21)22-16(3,4)5/h10-11,18H,6-9H2,1-5H3. The summed E-state index contributed by atoms with van der Waals surface area (Å²) < 4.78 is 19.7. The Morgan fingerprint density at radius 2 is 1.86 bits per heavy atom. The van der Waals surface area contributed by atoms with Gasteiger partial charge in [0, 0.05) is 37.9 Å². The van der Waals surface area contributed by atoms with Crippen LogP contribution in [0.25, 0.3) is 0 Å². The van der Waals surface area contributed by atoms with Gasteiger partial charge in [-0.15, -0.1) is 0 Å². The summed E-state index contributed by atoms with van der Waals surface area (Å²) in [7, 11) is 0. The minimum Gasteiger partial charge on any atom is -0.444 e. The van der Waals surface area contributed by atoms with Gasteiger partial charge in [-0.3, -0.25) is 0 Å². The maximum Gasteiger partial charge on any atom is 0.410 e. The van der Waals surface area contributed by atoms with Gasteiger partial charge in [-0.1, -0.05) is 13.8 Å². The van der Waals surface area contributed by atoms with E-state index in [1.807, 2.05) is 39.5 Å². The van der Waals surface area contributed by atoms with E-state index in [0.29, 0.717) is 37.6 Å². The quantitative estimate of drug-likeness (QED) is 0.911. The first-order chi connectivity index (χ1) is 10.2. The number of ether oxygens (including phenoxy) is 1. The second-order valence-corrected chi connectivity index (χ2v) is 7.02. The van der Waals surface area contributed by atoms with Crippen LogP contribution >= 0.6 is 0 Å². The number of hydrogen-bond acceptors (Lipinski definition) is 3. The molecule has 1 N–H and O–H groups in total. The average molecular weight is 311 g/mol. The van der Waals surface area contributed by atoms with Gasteiger partial charge in [-0.25, -0.2) is 9.18 Å². The molecular weight excluding hydrogens is 285 g/mol. The van der Waals surface area contributed by atoms with Crippen molar-refractivity contribution in [3.8, 4) is 0 Å². The summed E-state index contributed by atoms with van der Waals surface area (Å²) >= 11 is 0. The molecule has 1 saturated heterocycles. The molecule has 5 nitrogen and oxygen atoms in total. The van der Waals surface area contributed by atoms with Gasteiger partial charge < -0.3 is 19.5 Å². The maximum atomic E-state index is 14.4. The lowest BCUT2D eigenvalue weighted by molar-refractivity contribution is 0.0240. The first-order valence-electron chi connectivity index (χ1n) is 7.78. The smallest absolute Gasteiger partial charge is 0.410 e. The topological polar surface area (TPSA) is 48.6 Å². The fourth-order valence-electron chi connectivity index (χ4n) is 2.50. The summed E-state index contributed by atoms with van der Waals surface area (Å²) in [4.78, 5) is 18.7. The molecule has 1 amide bonds. The zero-order chi connectivity index (χ0) is 16.5. The highest BCUT2D eigenvalue weighted by atomic mass is 19.1. The highest BCUT2D eigenvalue weighted by molar-refractivity contribution is 5.68. The number of anilines is 1. The van der Waals surface area contributed by atoms with Crippen LogP contribution in [-0.2, 0) is 4.74 Å². The van der Waals surface area contributed by atoms with Crippen LogP contribution in [0.5, 0.6) is 0 Å². The zero-order valence-electron chi connectivity index (χ0n) is 14.1. The van der Waals surface area contributed by atoms with Crippen molar-refractivity contribution >= 4 is 11.9 Å². The van der Waals surface area contributed by atoms with E-state index in [9.17, 15) is 9.18 Å². The number of amides is 1. The van der Waals surface area contributed by atoms with E-state index in [-0.39, 0.29) is 17.8 Å². The van der Waals surface area contributed by atoms with Gasteiger partial charge in [-0.05, 0) is 26.7 Å². The highest BCUT2D eigenvalue weighted by Crippen LogP contribution is 2.27. The lowest BCUT2D eigenvalue weighted by atomic mass is 10.1. The first-order valence-corrected chi connectivity index (χ1v) is 7.78. The molecule has 22 heavy (non-hydrogen) atoms. The molecule has 0 aliphatic carbocycles. The van der Waals surface area contributed by atoms with Crippen molar-refractivity contribution in [1.29, 1.82) is 0 Å². The Kier molecular flexibility index (Phi) is 4.68. The number of halogens is 1. The number of nitrogens with one attached hydrogen (secondary N) is 1. The third kappa shape index (κ3) is 3.72. The second-order valence-electron chi connectivity index (χ2n) is 7.02. The van der Waals surface area contributed by atoms with Crippen molar-refractivity contribution in [1.82, 2.24) is 9.88 Å². The third-order valence-electron chi connectivity index (χ3n) is 3.70. The molecule has 0 saturated carbocycles. The molecule has 1 aliphatic heterocycles. The average Bonchev–Trinajstić information content (AvgIpc) is 2.79. The fraction of sp³-hybridized carbons (Fsp3) is 0.688. The molecule has 2 rings (SSSR count). The van der Waals surface area contributed by atoms with Crippen LogP contribution in [-0.4, -0.2) is 47.8 Å². The molecule has 1 fully saturated rings. The third-order valence-corrected chi connectivity index (χ3v) is 3.70. The molecule has 1 aromatic heterocycles. The largest absolute Gasteiger partial charge is 0.444 e. The molecule has 0 aromatic carbocycles. The van der Waals surface area contributed by atoms with Crippen LogP contribution < -0.4 is 4.90 Å². The van der Waals surface area contributed by atoms with Crippen molar-refractivity contribution in [2.45, 2.75) is 46.1 Å². The second kappa shape index (κ2) is 6.18. The van der Waals surface area contributed by atoms with Crippen LogP contribution in [0.2, 0.25) is 0 Å². The van der Waals surface area contributed by atoms with Gasteiger partial charge in [0.05, 0.1) is 0 Å². The lowest BCUT2D eigenvalue weighted by Gasteiger charge is -2.36. The molecule has 1 aliphatic rings. The fourth-order valence-corrected chi connectivity index (χ4v) is 2.50. The highest BCUT2D eigenvalue weighted by Gasteiger charge is 2.28. The predicted molar refractivity (Wildman–Crippen MR) is 84.9 cm³/mol. The molecule has 1 aromatic rings. The summed E-state index contributed by atoms with van der Waals surface area (Å²) in [6, 6.07) is 0. The van der Waals surface area contributed by atoms with E-state index in [4.69, 9.17) is 4.74 Å². The minimum absolute atomic E-state index is 0.146. The predicted octanol–water partition coefficient (Wildman–Crippen LogP) is 3.33. The minimum atomic E-state index is -0.494. The zero-order valence-corrected chi connectivity index (χ0v) is 14.1. The molecule has 6 heteroatoms. The van der Waals surface area contributed by atoms with Gasteiger partial charge in [-0.2, -0.15) is 0 Å². The van der Waals surface area contributed by atoms with E-state index < -0.39 is 5.60 Å². The summed E-state index contributed by atoms with van der Waals surface area (Å²) in [5, 5.41) is 0. The summed E-state index contributed by atoms with van der Waals surface area (Å²) in [5.41, 5.74) is 0.205. The summed E-state index contributed by atoms with van der Waals surface area (Å²) in [6.45, 7) is 11.7. The van der Waals surface area contributed by atoms with Gasteiger partial charge >= 0.3 is 6.09 Å². The van der Waals surface area contributed by atoms with E-state index >= 15 is 0 Å². The van der Waals surface area contributed by atoms with Crippen LogP contribution in [0.3, 0.4) is 0 Å². The Labute approximate surface area is 131 Å². The van der Waals surface area contributed by atoms with Gasteiger partial charge in [0.25, 0.3) is 0 Å². The number of aromatic amines is 1. The molecule has 0 atom stereocenters. The van der Waals surface area contributed by atoms with E-state index in [1.165, 1.54) is 0 Å². The van der Waals surface area contributed by atoms with Crippen molar-refractivity contribution in [3.05, 3.63) is 17.6 Å². The van der Waals surface area contributed by atoms with Crippen LogP contribution in [0.1, 0.15) is 46.1 Å². The first kappa shape index (κ1) is 16.6. The number of piperazine rings is 1. The monoisotopic (exact) mass is 311 g/mol. The normalized spacial score (nSPS) is 16.3. The van der Waals surface area contributed by atoms with Gasteiger partial charge in [0.15, 0.2) is 5.82 Å². The van der Waals surface area contributed by atoms with E-state index in [0.717, 1.165) is 0 Å². The van der Waals surface area contributed by atoms with Crippen molar-refractivity contribution in [2.75, 3.05) is 31.1 Å².